The van der Waals surface area contributed by atoms with E-state index in [4.69, 9.17) is 0 Å². The molecule has 1 atom stereocenters. The maximum absolute atomic E-state index is 2.42. The van der Waals surface area contributed by atoms with E-state index in [1.807, 2.05) is 6.66 Å². The maximum Gasteiger partial charge on any atom is 0 e. The molecular formula is CH5PY4. The summed E-state index contributed by atoms with van der Waals surface area (Å²) >= 11 is 0. The maximum atomic E-state index is 2.42. The Hall–Kier alpha value is 4.85. The molecule has 4 radical (unpaired) electrons. The first kappa shape index (κ1) is 30.8. The fourth-order valence-electron chi connectivity index (χ4n) is 0. The molecule has 6 heavy (non-hydrogen) atoms. The van der Waals surface area contributed by atoms with Crippen molar-refractivity contribution in [2.24, 2.45) is 0 Å². The van der Waals surface area contributed by atoms with E-state index >= 15 is 0 Å². The van der Waals surface area contributed by atoms with E-state index in [-0.39, 0.29) is 131 Å². The second-order valence-electron chi connectivity index (χ2n) is 0. The van der Waals surface area contributed by atoms with E-state index < -0.39 is 0 Å². The zero-order valence-corrected chi connectivity index (χ0v) is 16.4. The van der Waals surface area contributed by atoms with Crippen LogP contribution in [0.1, 0.15) is 0 Å². The van der Waals surface area contributed by atoms with Crippen molar-refractivity contribution in [3.05, 3.63) is 0 Å². The van der Waals surface area contributed by atoms with Crippen molar-refractivity contribution in [3.63, 3.8) is 0 Å². The fourth-order valence-corrected chi connectivity index (χ4v) is 0. The van der Waals surface area contributed by atoms with Crippen molar-refractivity contribution in [1.82, 2.24) is 0 Å². The first-order valence-corrected chi connectivity index (χ1v) is 1.73. The minimum atomic E-state index is 0. The van der Waals surface area contributed by atoms with Crippen LogP contribution >= 0.6 is 9.24 Å². The Balaban J connectivity index is -0.000000000833. The molecule has 1 unspecified atom stereocenters. The van der Waals surface area contributed by atoms with Crippen LogP contribution in [-0.2, 0) is 131 Å². The minimum absolute atomic E-state index is 0. The molecule has 0 aromatic heterocycles. The van der Waals surface area contributed by atoms with E-state index in [0.717, 1.165) is 0 Å². The van der Waals surface area contributed by atoms with Crippen LogP contribution in [0, 0.1) is 0 Å². The van der Waals surface area contributed by atoms with E-state index in [0.29, 0.717) is 0 Å². The Morgan fingerprint density at radius 1 is 0.667 bits per heavy atom. The summed E-state index contributed by atoms with van der Waals surface area (Å²) in [4.78, 5) is 0. The predicted octanol–water partition coefficient (Wildman–Crippen LogP) is 0.481. The van der Waals surface area contributed by atoms with Gasteiger partial charge in [0.2, 0.25) is 0 Å². The molecule has 0 fully saturated rings. The van der Waals surface area contributed by atoms with Gasteiger partial charge in [0.1, 0.15) is 0 Å². The SMILES string of the molecule is CP.[Y].[Y].[Y].[Y]. The monoisotopic (exact) mass is 404 g/mol. The summed E-state index contributed by atoms with van der Waals surface area (Å²) < 4.78 is 0. The molecule has 0 spiro atoms. The normalized spacial score (nSPS) is 1.00. The molecular weight excluding hydrogens is 399 g/mol. The molecule has 0 N–H and O–H groups in total. The van der Waals surface area contributed by atoms with Crippen LogP contribution in [0.3, 0.4) is 0 Å². The van der Waals surface area contributed by atoms with Crippen molar-refractivity contribution in [1.29, 1.82) is 0 Å². The van der Waals surface area contributed by atoms with E-state index in [1.54, 1.807) is 0 Å². The van der Waals surface area contributed by atoms with Crippen LogP contribution in [0.15, 0.2) is 0 Å². The third-order valence-electron chi connectivity index (χ3n) is 0. The zero-order chi connectivity index (χ0) is 2.00. The zero-order valence-electron chi connectivity index (χ0n) is 3.89. The Bertz CT molecular complexity index is 7.51. The molecule has 0 aliphatic heterocycles. The standard InChI is InChI=1S/CH5P.4Y/c1-2;;;;/h2H2,1H3;;;;. The van der Waals surface area contributed by atoms with Crippen molar-refractivity contribution in [3.8, 4) is 0 Å². The topological polar surface area (TPSA) is 0 Å². The number of hydrogen-bond acceptors (Lipinski definition) is 0. The Morgan fingerprint density at radius 3 is 0.667 bits per heavy atom. The van der Waals surface area contributed by atoms with E-state index in [9.17, 15) is 0 Å². The predicted molar refractivity (Wildman–Crippen MR) is 15.6 cm³/mol. The Labute approximate surface area is 143 Å². The quantitative estimate of drug-likeness (QED) is 0.516. The molecule has 0 amide bonds. The summed E-state index contributed by atoms with van der Waals surface area (Å²) in [5, 5.41) is 0. The summed E-state index contributed by atoms with van der Waals surface area (Å²) in [6.07, 6.45) is 0. The van der Waals surface area contributed by atoms with Crippen LogP contribution in [0.4, 0.5) is 0 Å². The van der Waals surface area contributed by atoms with Crippen molar-refractivity contribution in [2.45, 2.75) is 0 Å². The molecule has 0 saturated carbocycles. The molecule has 0 nitrogen and oxygen atoms in total. The van der Waals surface area contributed by atoms with Crippen LogP contribution < -0.4 is 0 Å². The van der Waals surface area contributed by atoms with Gasteiger partial charge in [0.25, 0.3) is 0 Å². The second-order valence-corrected chi connectivity index (χ2v) is 0. The van der Waals surface area contributed by atoms with Gasteiger partial charge in [-0.15, -0.1) is 9.24 Å². The summed E-state index contributed by atoms with van der Waals surface area (Å²) in [6, 6.07) is 0. The van der Waals surface area contributed by atoms with Gasteiger partial charge in [-0.2, -0.15) is 0 Å². The summed E-state index contributed by atoms with van der Waals surface area (Å²) in [7, 11) is 2.42. The summed E-state index contributed by atoms with van der Waals surface area (Å²) in [5.41, 5.74) is 0. The molecule has 0 aliphatic rings. The number of hydrogen-bond donors (Lipinski definition) is 0. The largest absolute Gasteiger partial charge is 0.141 e. The van der Waals surface area contributed by atoms with Gasteiger partial charge in [-0.25, -0.2) is 0 Å². The van der Waals surface area contributed by atoms with Crippen LogP contribution in [-0.4, -0.2) is 6.66 Å². The molecule has 0 bridgehead atoms. The van der Waals surface area contributed by atoms with Crippen LogP contribution in [0.2, 0.25) is 0 Å². The molecule has 26 valence electrons. The smallest absolute Gasteiger partial charge is 0 e. The van der Waals surface area contributed by atoms with Gasteiger partial charge >= 0.3 is 0 Å². The van der Waals surface area contributed by atoms with Gasteiger partial charge in [0.05, 0.1) is 0 Å². The van der Waals surface area contributed by atoms with Gasteiger partial charge in [-0.1, -0.05) is 6.66 Å². The Kier molecular flexibility index (Phi) is 168. The van der Waals surface area contributed by atoms with Gasteiger partial charge in [0, 0.05) is 131 Å². The van der Waals surface area contributed by atoms with Gasteiger partial charge in [0.15, 0.2) is 0 Å². The average molecular weight is 404 g/mol. The van der Waals surface area contributed by atoms with Crippen LogP contribution in [0.5, 0.6) is 0 Å². The second kappa shape index (κ2) is 32.8. The number of rotatable bonds is 0. The van der Waals surface area contributed by atoms with Gasteiger partial charge in [-0.3, -0.25) is 0 Å². The third-order valence-corrected chi connectivity index (χ3v) is 0. The van der Waals surface area contributed by atoms with Gasteiger partial charge < -0.3 is 0 Å². The minimum Gasteiger partial charge on any atom is -0.141 e. The van der Waals surface area contributed by atoms with E-state index in [1.165, 1.54) is 0 Å². The first-order valence-electron chi connectivity index (χ1n) is 0.577. The average Bonchev–Trinajstić information content (AvgIpc) is 1.00. The molecule has 0 heterocycles. The third kappa shape index (κ3) is 23.2. The summed E-state index contributed by atoms with van der Waals surface area (Å²) in [5.74, 6) is 0. The first-order chi connectivity index (χ1) is 1.00. The van der Waals surface area contributed by atoms with E-state index in [2.05, 4.69) is 9.24 Å². The van der Waals surface area contributed by atoms with Crippen molar-refractivity contribution in [2.75, 3.05) is 6.66 Å². The molecule has 0 saturated heterocycles. The Morgan fingerprint density at radius 2 is 0.667 bits per heavy atom. The summed E-state index contributed by atoms with van der Waals surface area (Å²) in [6.45, 7) is 1.92. The molecule has 0 aliphatic carbocycles. The van der Waals surface area contributed by atoms with Crippen molar-refractivity contribution >= 4 is 9.24 Å². The molecule has 5 heteroatoms. The van der Waals surface area contributed by atoms with Gasteiger partial charge in [-0.05, 0) is 0 Å². The van der Waals surface area contributed by atoms with Crippen molar-refractivity contribution < 1.29 is 131 Å². The van der Waals surface area contributed by atoms with Crippen LogP contribution in [0.25, 0.3) is 0 Å². The molecule has 0 rings (SSSR count). The molecule has 0 aromatic rings. The molecule has 0 aromatic carbocycles. The fraction of sp³-hybridized carbons (Fsp3) is 1.00.